The average Bonchev–Trinajstić information content (AvgIpc) is 3.77. The monoisotopic (exact) mass is 608 g/mol. The van der Waals surface area contributed by atoms with Crippen molar-refractivity contribution in [1.82, 2.24) is 28.7 Å². The summed E-state index contributed by atoms with van der Waals surface area (Å²) in [4.78, 5) is 41.9. The lowest BCUT2D eigenvalue weighted by Crippen LogP contribution is -2.41. The van der Waals surface area contributed by atoms with Gasteiger partial charge in [-0.15, -0.1) is 0 Å². The van der Waals surface area contributed by atoms with E-state index >= 15 is 0 Å². The molecule has 0 N–H and O–H groups in total. The lowest BCUT2D eigenvalue weighted by atomic mass is 10.2. The van der Waals surface area contributed by atoms with Gasteiger partial charge in [-0.1, -0.05) is 11.6 Å². The molecule has 0 aromatic carbocycles. The smallest absolute Gasteiger partial charge is 0.332 e. The first-order valence-corrected chi connectivity index (χ1v) is 15.5. The zero-order valence-corrected chi connectivity index (χ0v) is 25.3. The maximum Gasteiger partial charge on any atom is 0.332 e. The molecule has 1 aliphatic heterocycles. The normalized spacial score (nSPS) is 17.2. The number of aromatic nitrogens is 6. The Kier molecular flexibility index (Phi) is 8.92. The van der Waals surface area contributed by atoms with E-state index in [0.29, 0.717) is 71.3 Å². The Morgan fingerprint density at radius 1 is 1.09 bits per heavy atom. The molecule has 12 heteroatoms. The van der Waals surface area contributed by atoms with E-state index in [4.69, 9.17) is 30.8 Å². The summed E-state index contributed by atoms with van der Waals surface area (Å²) in [7, 11) is 0. The van der Waals surface area contributed by atoms with Crippen LogP contribution in [0, 0.1) is 5.92 Å². The highest BCUT2D eigenvalue weighted by Crippen LogP contribution is 2.33. The van der Waals surface area contributed by atoms with Crippen LogP contribution in [0.2, 0.25) is 5.02 Å². The van der Waals surface area contributed by atoms with Crippen LogP contribution in [0.15, 0.2) is 46.2 Å². The zero-order valence-electron chi connectivity index (χ0n) is 24.6. The second-order valence-electron chi connectivity index (χ2n) is 11.5. The molecule has 5 heterocycles. The van der Waals surface area contributed by atoms with Crippen LogP contribution in [0.5, 0.6) is 5.88 Å². The van der Waals surface area contributed by atoms with Crippen LogP contribution < -0.4 is 16.0 Å². The number of fused-ring (bicyclic) bond motifs is 1. The molecule has 2 fully saturated rings. The fourth-order valence-corrected chi connectivity index (χ4v) is 5.49. The number of hydrogen-bond acceptors (Lipinski definition) is 8. The number of pyridine rings is 2. The Labute approximate surface area is 254 Å². The average molecular weight is 609 g/mol. The molecular weight excluding hydrogens is 572 g/mol. The number of hydrogen-bond donors (Lipinski definition) is 0. The number of nitrogens with zero attached hydrogens (tertiary/aromatic N) is 6. The van der Waals surface area contributed by atoms with Crippen LogP contribution in [-0.2, 0) is 22.6 Å². The maximum atomic E-state index is 14.2. The number of rotatable bonds is 12. The summed E-state index contributed by atoms with van der Waals surface area (Å²) in [5.41, 5.74) is 1.13. The van der Waals surface area contributed by atoms with Crippen molar-refractivity contribution in [1.29, 1.82) is 0 Å². The second kappa shape index (κ2) is 13.0. The van der Waals surface area contributed by atoms with E-state index in [1.54, 1.807) is 23.0 Å². The fourth-order valence-electron chi connectivity index (χ4n) is 5.38. The number of halogens is 1. The van der Waals surface area contributed by atoms with Crippen molar-refractivity contribution in [2.45, 2.75) is 77.8 Å². The van der Waals surface area contributed by atoms with Gasteiger partial charge < -0.3 is 18.8 Å². The molecule has 11 nitrogen and oxygen atoms in total. The van der Waals surface area contributed by atoms with E-state index in [0.717, 1.165) is 32.1 Å². The topological polar surface area (TPSA) is 115 Å². The highest BCUT2D eigenvalue weighted by Gasteiger charge is 2.27. The van der Waals surface area contributed by atoms with Crippen LogP contribution in [0.4, 0.5) is 0 Å². The second-order valence-corrected chi connectivity index (χ2v) is 11.9. The first kappa shape index (κ1) is 29.5. The summed E-state index contributed by atoms with van der Waals surface area (Å²) in [5.74, 6) is 1.45. The van der Waals surface area contributed by atoms with E-state index in [1.807, 2.05) is 36.6 Å². The predicted molar refractivity (Wildman–Crippen MR) is 163 cm³/mol. The molecule has 228 valence electrons. The minimum absolute atomic E-state index is 0.204. The number of imidazole rings is 1. The summed E-state index contributed by atoms with van der Waals surface area (Å²) in [6.45, 7) is 5.90. The van der Waals surface area contributed by atoms with E-state index in [1.165, 1.54) is 4.57 Å². The van der Waals surface area contributed by atoms with Crippen molar-refractivity contribution in [3.63, 3.8) is 0 Å². The van der Waals surface area contributed by atoms with Gasteiger partial charge in [-0.05, 0) is 82.6 Å². The minimum Gasteiger partial charge on any atom is -0.477 e. The molecule has 0 radical (unpaired) electrons. The first-order valence-electron chi connectivity index (χ1n) is 15.1. The Hall–Kier alpha value is -3.54. The molecule has 1 aliphatic carbocycles. The molecule has 6 rings (SSSR count). The van der Waals surface area contributed by atoms with Gasteiger partial charge in [0, 0.05) is 31.6 Å². The molecule has 1 unspecified atom stereocenters. The van der Waals surface area contributed by atoms with Gasteiger partial charge in [0.15, 0.2) is 17.5 Å². The molecular formula is C31H37ClN6O5. The van der Waals surface area contributed by atoms with Gasteiger partial charge in [-0.3, -0.25) is 18.9 Å². The SMILES string of the molecule is CC(C)n1c(=O)n(CCCOC2CCCCO2)c(=O)c2c1nc(-c1cccnc1OCC1CC1)n2Cc1ccc(Cl)cn1. The van der Waals surface area contributed by atoms with Crippen molar-refractivity contribution in [2.75, 3.05) is 19.8 Å². The standard InChI is InChI=1S/C31H37ClN6O5/c1-20(2)38-28-26(30(39)36(31(38)40)14-6-16-42-25-8-3-4-15-41-25)37(18-23-12-11-22(32)17-34-23)27(35-28)24-7-5-13-33-29(24)43-19-21-9-10-21/h5,7,11-13,17,20-21,25H,3-4,6,8-10,14-16,18-19H2,1-2H3. The minimum atomic E-state index is -0.414. The Balaban J connectivity index is 1.45. The Morgan fingerprint density at radius 3 is 2.67 bits per heavy atom. The molecule has 4 aromatic heterocycles. The zero-order chi connectivity index (χ0) is 29.9. The largest absolute Gasteiger partial charge is 0.477 e. The molecule has 1 saturated heterocycles. The third-order valence-electron chi connectivity index (χ3n) is 7.82. The molecule has 1 saturated carbocycles. The van der Waals surface area contributed by atoms with Gasteiger partial charge in [0.05, 0.1) is 36.0 Å². The van der Waals surface area contributed by atoms with Crippen molar-refractivity contribution in [2.24, 2.45) is 5.92 Å². The molecule has 1 atom stereocenters. The molecule has 43 heavy (non-hydrogen) atoms. The lowest BCUT2D eigenvalue weighted by molar-refractivity contribution is -0.163. The van der Waals surface area contributed by atoms with Gasteiger partial charge in [-0.25, -0.2) is 14.8 Å². The molecule has 4 aromatic rings. The highest BCUT2D eigenvalue weighted by molar-refractivity contribution is 6.30. The quantitative estimate of drug-likeness (QED) is 0.210. The van der Waals surface area contributed by atoms with Crippen LogP contribution >= 0.6 is 11.6 Å². The van der Waals surface area contributed by atoms with Crippen LogP contribution in [0.1, 0.15) is 64.1 Å². The summed E-state index contributed by atoms with van der Waals surface area (Å²) >= 11 is 6.11. The maximum absolute atomic E-state index is 14.2. The van der Waals surface area contributed by atoms with Crippen LogP contribution in [-0.4, -0.2) is 54.8 Å². The highest BCUT2D eigenvalue weighted by atomic mass is 35.5. The van der Waals surface area contributed by atoms with E-state index < -0.39 is 11.2 Å². The summed E-state index contributed by atoms with van der Waals surface area (Å²) in [5, 5.41) is 0.513. The molecule has 2 aliphatic rings. The molecule has 0 bridgehead atoms. The van der Waals surface area contributed by atoms with Crippen LogP contribution in [0.25, 0.3) is 22.6 Å². The van der Waals surface area contributed by atoms with Gasteiger partial charge in [-0.2, -0.15) is 0 Å². The van der Waals surface area contributed by atoms with Gasteiger partial charge in [0.25, 0.3) is 5.56 Å². The van der Waals surface area contributed by atoms with Crippen molar-refractivity contribution in [3.8, 4) is 17.3 Å². The van der Waals surface area contributed by atoms with E-state index in [2.05, 4.69) is 9.97 Å². The number of ether oxygens (including phenoxy) is 3. The summed E-state index contributed by atoms with van der Waals surface area (Å²) in [6, 6.07) is 7.01. The van der Waals surface area contributed by atoms with Crippen molar-refractivity contribution in [3.05, 3.63) is 68.2 Å². The summed E-state index contributed by atoms with van der Waals surface area (Å²) < 4.78 is 22.4. The molecule has 0 amide bonds. The molecule has 0 spiro atoms. The van der Waals surface area contributed by atoms with E-state index in [-0.39, 0.29) is 25.4 Å². The van der Waals surface area contributed by atoms with E-state index in [9.17, 15) is 9.59 Å². The lowest BCUT2D eigenvalue weighted by Gasteiger charge is -2.22. The van der Waals surface area contributed by atoms with Crippen LogP contribution in [0.3, 0.4) is 0 Å². The summed E-state index contributed by atoms with van der Waals surface area (Å²) in [6.07, 6.45) is 8.75. The Bertz CT molecular complexity index is 1690. The van der Waals surface area contributed by atoms with Gasteiger partial charge in [0.1, 0.15) is 5.82 Å². The Morgan fingerprint density at radius 2 is 1.95 bits per heavy atom. The predicted octanol–water partition coefficient (Wildman–Crippen LogP) is 4.82. The fraction of sp³-hybridized carbons (Fsp3) is 0.516. The van der Waals surface area contributed by atoms with Crippen molar-refractivity contribution < 1.29 is 14.2 Å². The van der Waals surface area contributed by atoms with Crippen molar-refractivity contribution >= 4 is 22.8 Å². The van der Waals surface area contributed by atoms with Gasteiger partial charge >= 0.3 is 5.69 Å². The van der Waals surface area contributed by atoms with Gasteiger partial charge in [0.2, 0.25) is 5.88 Å². The third kappa shape index (κ3) is 6.53. The third-order valence-corrected chi connectivity index (χ3v) is 8.04. The first-order chi connectivity index (χ1) is 20.9.